The number of rotatable bonds is 13. The topological polar surface area (TPSA) is 44.8 Å². The van der Waals surface area contributed by atoms with Crippen molar-refractivity contribution in [1.29, 1.82) is 0 Å². The zero-order chi connectivity index (χ0) is 34.7. The van der Waals surface area contributed by atoms with E-state index in [2.05, 4.69) is 20.4 Å². The summed E-state index contributed by atoms with van der Waals surface area (Å²) >= 11 is -1.77. The molecule has 1 unspecified atom stereocenters. The van der Waals surface area contributed by atoms with Gasteiger partial charge in [-0.3, -0.25) is 0 Å². The van der Waals surface area contributed by atoms with Crippen molar-refractivity contribution in [2.75, 3.05) is 29.4 Å². The van der Waals surface area contributed by atoms with Crippen LogP contribution in [-0.4, -0.2) is 39.6 Å². The number of aryl methyl sites for hydroxylation is 2. The Morgan fingerprint density at radius 3 is 2.26 bits per heavy atom. The minimum absolute atomic E-state index is 0.172. The fourth-order valence-electron chi connectivity index (χ4n) is 5.33. The van der Waals surface area contributed by atoms with E-state index in [1.165, 1.54) is 12.2 Å². The van der Waals surface area contributed by atoms with E-state index < -0.39 is 47.0 Å². The number of allylic oxidation sites excluding steroid dienone is 2. The molecule has 0 saturated heterocycles. The van der Waals surface area contributed by atoms with Crippen molar-refractivity contribution in [2.24, 2.45) is 14.1 Å². The Labute approximate surface area is 271 Å². The van der Waals surface area contributed by atoms with E-state index in [4.69, 9.17) is 4.28 Å². The molecule has 1 atom stereocenters. The molecule has 2 aromatic carbocycles. The third kappa shape index (κ3) is 8.07. The maximum Gasteiger partial charge on any atom is 0.419 e. The van der Waals surface area contributed by atoms with Crippen LogP contribution in [0.4, 0.5) is 42.1 Å². The number of imidazole rings is 1. The van der Waals surface area contributed by atoms with Crippen LogP contribution in [0.25, 0.3) is 17.1 Å². The summed E-state index contributed by atoms with van der Waals surface area (Å²) in [5.41, 5.74) is -0.874. The number of anilines is 2. The minimum atomic E-state index is -5.11. The molecule has 1 aliphatic heterocycles. The number of hydrogen-bond donors (Lipinski definition) is 0. The second-order valence-electron chi connectivity index (χ2n) is 11.0. The smallest absolute Gasteiger partial charge is 0.316 e. The lowest BCUT2D eigenvalue weighted by Crippen LogP contribution is -2.34. The summed E-state index contributed by atoms with van der Waals surface area (Å²) < 4.78 is 118. The molecule has 4 rings (SSSR count). The maximum atomic E-state index is 14.5. The fraction of sp³-hybridized carbons (Fsp3) is 0.406. The van der Waals surface area contributed by atoms with Crippen LogP contribution in [0, 0.1) is 5.82 Å². The lowest BCUT2D eigenvalue weighted by molar-refractivity contribution is -0.647. The van der Waals surface area contributed by atoms with E-state index in [1.807, 2.05) is 4.57 Å². The zero-order valence-corrected chi connectivity index (χ0v) is 27.3. The molecular formula is C32H37F7N5O2S+. The third-order valence-corrected chi connectivity index (χ3v) is 8.68. The van der Waals surface area contributed by atoms with Crippen molar-refractivity contribution in [3.63, 3.8) is 0 Å². The first kappa shape index (κ1) is 36.2. The van der Waals surface area contributed by atoms with Crippen LogP contribution in [0.1, 0.15) is 50.9 Å². The predicted octanol–water partition coefficient (Wildman–Crippen LogP) is 7.90. The van der Waals surface area contributed by atoms with Crippen LogP contribution in [0.2, 0.25) is 0 Å². The highest BCUT2D eigenvalue weighted by atomic mass is 32.2. The molecule has 3 aromatic rings. The van der Waals surface area contributed by atoms with Crippen molar-refractivity contribution in [1.82, 2.24) is 9.63 Å². The number of benzene rings is 2. The Balaban J connectivity index is 1.68. The van der Waals surface area contributed by atoms with E-state index in [9.17, 15) is 34.9 Å². The molecule has 0 spiro atoms. The van der Waals surface area contributed by atoms with Gasteiger partial charge in [0, 0.05) is 37.5 Å². The monoisotopic (exact) mass is 688 g/mol. The van der Waals surface area contributed by atoms with Gasteiger partial charge in [-0.05, 0) is 37.1 Å². The zero-order valence-electron chi connectivity index (χ0n) is 26.5. The summed E-state index contributed by atoms with van der Waals surface area (Å²) in [6.45, 7) is 7.40. The van der Waals surface area contributed by atoms with Crippen LogP contribution < -0.4 is 14.4 Å². The van der Waals surface area contributed by atoms with E-state index in [1.54, 1.807) is 48.0 Å². The average Bonchev–Trinajstić information content (AvgIpc) is 3.40. The highest BCUT2D eigenvalue weighted by Gasteiger charge is 2.42. The lowest BCUT2D eigenvalue weighted by Gasteiger charge is -2.24. The number of nitrogens with zero attached hydrogens (tertiary/aromatic N) is 5. The summed E-state index contributed by atoms with van der Waals surface area (Å²) in [5, 5.41) is 1.73. The van der Waals surface area contributed by atoms with Crippen molar-refractivity contribution in [3.8, 4) is 0 Å². The van der Waals surface area contributed by atoms with Crippen LogP contribution in [0.3, 0.4) is 0 Å². The summed E-state index contributed by atoms with van der Waals surface area (Å²) in [7, 11) is 3.54. The Bertz CT molecular complexity index is 1690. The van der Waals surface area contributed by atoms with Crippen LogP contribution in [-0.2, 0) is 35.6 Å². The van der Waals surface area contributed by atoms with Crippen molar-refractivity contribution in [2.45, 2.75) is 56.8 Å². The molecule has 0 N–H and O–H groups in total. The van der Waals surface area contributed by atoms with Gasteiger partial charge in [0.25, 0.3) is 5.82 Å². The molecule has 47 heavy (non-hydrogen) atoms. The van der Waals surface area contributed by atoms with Crippen molar-refractivity contribution >= 4 is 39.6 Å². The molecule has 0 fully saturated rings. The summed E-state index contributed by atoms with van der Waals surface area (Å²) in [6, 6.07) is 6.15. The Morgan fingerprint density at radius 2 is 1.68 bits per heavy atom. The Morgan fingerprint density at radius 1 is 1.02 bits per heavy atom. The molecule has 0 aliphatic carbocycles. The van der Waals surface area contributed by atoms with Crippen LogP contribution in [0.5, 0.6) is 0 Å². The van der Waals surface area contributed by atoms with E-state index in [0.29, 0.717) is 46.4 Å². The number of fused-ring (bicyclic) bond motifs is 2. The number of unbranched alkanes of at least 4 members (excludes halogenated alkanes) is 2. The van der Waals surface area contributed by atoms with Crippen molar-refractivity contribution < 1.29 is 43.8 Å². The molecule has 7 nitrogen and oxygen atoms in total. The molecule has 1 aromatic heterocycles. The van der Waals surface area contributed by atoms with E-state index in [0.717, 1.165) is 42.3 Å². The highest BCUT2D eigenvalue weighted by molar-refractivity contribution is 7.80. The molecule has 15 heteroatoms. The first-order chi connectivity index (χ1) is 22.1. The summed E-state index contributed by atoms with van der Waals surface area (Å²) in [5.74, 6) is -1.19. The molecule has 0 radical (unpaired) electrons. The van der Waals surface area contributed by atoms with Gasteiger partial charge in [0.15, 0.2) is 11.0 Å². The first-order valence-corrected chi connectivity index (χ1v) is 16.1. The fourth-order valence-corrected chi connectivity index (χ4v) is 6.14. The number of hydroxylamine groups is 2. The molecule has 0 amide bonds. The standard InChI is InChI=1S/C32H37F7N5O2S/c1-6-9-16-42(17-10-7-2)46-47(45)22-14-15-25-26(18-22)41(5)29(40(25)4)12-11-13-30-43(8-3)28-20-24(33)23(32(37,38)39)19-27(28)44(30)21-31(34,35)36/h8,11-15,18-20H,3,6-7,9-10,16-17,21H2,1-2,4-5H3/q+1. The van der Waals surface area contributed by atoms with Gasteiger partial charge in [-0.25, -0.2) is 17.7 Å². The first-order valence-electron chi connectivity index (χ1n) is 15.0. The minimum Gasteiger partial charge on any atom is -0.316 e. The van der Waals surface area contributed by atoms with E-state index in [-0.39, 0.29) is 11.5 Å². The quantitative estimate of drug-likeness (QED) is 0.104. The van der Waals surface area contributed by atoms with Gasteiger partial charge in [-0.2, -0.15) is 35.7 Å². The van der Waals surface area contributed by atoms with Crippen LogP contribution in [0.15, 0.2) is 66.0 Å². The third-order valence-electron chi connectivity index (χ3n) is 7.70. The number of halogens is 7. The maximum absolute atomic E-state index is 14.5. The second-order valence-corrected chi connectivity index (χ2v) is 12.1. The van der Waals surface area contributed by atoms with E-state index >= 15 is 0 Å². The largest absolute Gasteiger partial charge is 0.419 e. The molecule has 0 saturated carbocycles. The molecule has 1 aliphatic rings. The van der Waals surface area contributed by atoms with Gasteiger partial charge < -0.3 is 9.80 Å². The van der Waals surface area contributed by atoms with Gasteiger partial charge in [0.2, 0.25) is 11.1 Å². The average molecular weight is 689 g/mol. The van der Waals surface area contributed by atoms with Crippen LogP contribution >= 0.6 is 0 Å². The van der Waals surface area contributed by atoms with Gasteiger partial charge in [-0.15, -0.1) is 0 Å². The Hall–Kier alpha value is -3.69. The predicted molar refractivity (Wildman–Crippen MR) is 168 cm³/mol. The highest BCUT2D eigenvalue weighted by Crippen LogP contribution is 2.47. The van der Waals surface area contributed by atoms with Gasteiger partial charge in [0.05, 0.1) is 35.9 Å². The van der Waals surface area contributed by atoms with Crippen molar-refractivity contribution in [3.05, 3.63) is 78.3 Å². The molecule has 0 bridgehead atoms. The molecule has 256 valence electrons. The number of aromatic nitrogens is 2. The Kier molecular flexibility index (Phi) is 11.2. The van der Waals surface area contributed by atoms with Gasteiger partial charge in [-0.1, -0.05) is 39.3 Å². The SMILES string of the molecule is C=CN1/C(=C\C=C\c2n(C)c3cc(S(=O)ON(CCCC)CCCC)ccc3[n+]2C)N(CC(F)(F)F)c2cc(C(F)(F)F)c(F)cc21. The molecular weight excluding hydrogens is 651 g/mol. The lowest BCUT2D eigenvalue weighted by atomic mass is 10.1. The number of hydrogen-bond acceptors (Lipinski definition) is 5. The van der Waals surface area contributed by atoms with Gasteiger partial charge >= 0.3 is 12.4 Å². The summed E-state index contributed by atoms with van der Waals surface area (Å²) in [6.07, 6.45) is -0.740. The van der Waals surface area contributed by atoms with Gasteiger partial charge in [0.1, 0.15) is 18.2 Å². The second kappa shape index (κ2) is 14.6. The normalized spacial score (nSPS) is 15.5. The number of alkyl halides is 6. The summed E-state index contributed by atoms with van der Waals surface area (Å²) in [4.78, 5) is 2.19. The molecule has 2 heterocycles.